The number of anilines is 1. The number of primary amides is 1. The number of carbonyl (C=O) groups is 1. The van der Waals surface area contributed by atoms with Gasteiger partial charge in [-0.1, -0.05) is 12.1 Å². The van der Waals surface area contributed by atoms with E-state index in [2.05, 4.69) is 5.32 Å². The molecule has 0 fully saturated rings. The molecule has 2 rings (SSSR count). The Kier molecular flexibility index (Phi) is 3.98. The molecule has 0 radical (unpaired) electrons. The van der Waals surface area contributed by atoms with Crippen LogP contribution in [-0.4, -0.2) is 5.91 Å². The molecular formula is C15H14F2N2O. The normalized spacial score (nSPS) is 10.3. The van der Waals surface area contributed by atoms with Crippen LogP contribution in [0, 0.1) is 18.6 Å². The molecule has 0 spiro atoms. The quantitative estimate of drug-likeness (QED) is 0.902. The van der Waals surface area contributed by atoms with Gasteiger partial charge < -0.3 is 11.1 Å². The van der Waals surface area contributed by atoms with Crippen molar-refractivity contribution in [2.75, 3.05) is 5.32 Å². The third-order valence-electron chi connectivity index (χ3n) is 3.01. The molecule has 0 atom stereocenters. The van der Waals surface area contributed by atoms with Crippen molar-refractivity contribution >= 4 is 11.6 Å². The molecule has 0 aliphatic heterocycles. The first-order valence-corrected chi connectivity index (χ1v) is 6.06. The van der Waals surface area contributed by atoms with Crippen LogP contribution < -0.4 is 11.1 Å². The van der Waals surface area contributed by atoms with Crippen LogP contribution in [0.25, 0.3) is 0 Å². The Morgan fingerprint density at radius 2 is 1.95 bits per heavy atom. The fourth-order valence-electron chi connectivity index (χ4n) is 1.90. The van der Waals surface area contributed by atoms with Crippen LogP contribution in [0.2, 0.25) is 0 Å². The van der Waals surface area contributed by atoms with Gasteiger partial charge in [0.25, 0.3) is 0 Å². The van der Waals surface area contributed by atoms with Crippen molar-refractivity contribution in [3.8, 4) is 0 Å². The summed E-state index contributed by atoms with van der Waals surface area (Å²) in [7, 11) is 0. The zero-order valence-corrected chi connectivity index (χ0v) is 10.9. The summed E-state index contributed by atoms with van der Waals surface area (Å²) < 4.78 is 27.3. The van der Waals surface area contributed by atoms with E-state index in [1.54, 1.807) is 19.1 Å². The number of hydrogen-bond donors (Lipinski definition) is 2. The fraction of sp³-hybridized carbons (Fsp3) is 0.133. The van der Waals surface area contributed by atoms with E-state index >= 15 is 0 Å². The standard InChI is InChI=1S/C15H14F2N2O/c1-9-3-2-4-13(17)14(9)19-8-11-7-10(15(18)20)5-6-12(11)16/h2-7,19H,8H2,1H3,(H2,18,20). The lowest BCUT2D eigenvalue weighted by atomic mass is 10.1. The van der Waals surface area contributed by atoms with Crippen LogP contribution in [-0.2, 0) is 6.54 Å². The van der Waals surface area contributed by atoms with E-state index in [4.69, 9.17) is 5.73 Å². The topological polar surface area (TPSA) is 55.1 Å². The maximum atomic E-state index is 13.7. The maximum Gasteiger partial charge on any atom is 0.248 e. The summed E-state index contributed by atoms with van der Waals surface area (Å²) in [6.07, 6.45) is 0. The molecule has 20 heavy (non-hydrogen) atoms. The van der Waals surface area contributed by atoms with Crippen LogP contribution in [0.4, 0.5) is 14.5 Å². The van der Waals surface area contributed by atoms with Crippen molar-refractivity contribution in [1.29, 1.82) is 0 Å². The lowest BCUT2D eigenvalue weighted by molar-refractivity contribution is 0.1000. The Morgan fingerprint density at radius 1 is 1.20 bits per heavy atom. The molecule has 0 saturated heterocycles. The summed E-state index contributed by atoms with van der Waals surface area (Å²) in [5.74, 6) is -1.51. The highest BCUT2D eigenvalue weighted by atomic mass is 19.1. The number of nitrogens with two attached hydrogens (primary N) is 1. The summed E-state index contributed by atoms with van der Waals surface area (Å²) in [4.78, 5) is 11.1. The summed E-state index contributed by atoms with van der Waals surface area (Å²) in [5.41, 5.74) is 6.65. The molecule has 0 unspecified atom stereocenters. The number of carbonyl (C=O) groups excluding carboxylic acids is 1. The predicted molar refractivity (Wildman–Crippen MR) is 73.4 cm³/mol. The highest BCUT2D eigenvalue weighted by Crippen LogP contribution is 2.20. The van der Waals surface area contributed by atoms with Crippen LogP contribution in [0.1, 0.15) is 21.5 Å². The highest BCUT2D eigenvalue weighted by molar-refractivity contribution is 5.92. The van der Waals surface area contributed by atoms with E-state index in [9.17, 15) is 13.6 Å². The second-order valence-electron chi connectivity index (χ2n) is 4.46. The average molecular weight is 276 g/mol. The summed E-state index contributed by atoms with van der Waals surface area (Å²) >= 11 is 0. The Balaban J connectivity index is 2.23. The first-order valence-electron chi connectivity index (χ1n) is 6.06. The molecule has 3 N–H and O–H groups in total. The van der Waals surface area contributed by atoms with Gasteiger partial charge in [0, 0.05) is 17.7 Å². The van der Waals surface area contributed by atoms with Crippen molar-refractivity contribution in [3.63, 3.8) is 0 Å². The third kappa shape index (κ3) is 2.93. The number of halogens is 2. The minimum Gasteiger partial charge on any atom is -0.378 e. The molecule has 104 valence electrons. The first-order chi connectivity index (χ1) is 9.49. The van der Waals surface area contributed by atoms with Gasteiger partial charge in [-0.3, -0.25) is 4.79 Å². The SMILES string of the molecule is Cc1cccc(F)c1NCc1cc(C(N)=O)ccc1F. The highest BCUT2D eigenvalue weighted by Gasteiger charge is 2.09. The molecule has 0 aromatic heterocycles. The number of para-hydroxylation sites is 1. The molecule has 0 aliphatic rings. The van der Waals surface area contributed by atoms with Gasteiger partial charge in [-0.25, -0.2) is 8.78 Å². The van der Waals surface area contributed by atoms with E-state index in [1.165, 1.54) is 24.3 Å². The minimum absolute atomic E-state index is 0.0642. The van der Waals surface area contributed by atoms with Crippen LogP contribution >= 0.6 is 0 Å². The Hall–Kier alpha value is -2.43. The molecule has 0 bridgehead atoms. The Labute approximate surface area is 115 Å². The number of benzene rings is 2. The van der Waals surface area contributed by atoms with E-state index in [0.717, 1.165) is 5.56 Å². The van der Waals surface area contributed by atoms with Gasteiger partial charge in [-0.05, 0) is 36.8 Å². The number of nitrogens with one attached hydrogen (secondary N) is 1. The average Bonchev–Trinajstić information content (AvgIpc) is 2.39. The number of aryl methyl sites for hydroxylation is 1. The Bertz CT molecular complexity index is 636. The molecule has 1 amide bonds. The van der Waals surface area contributed by atoms with E-state index in [0.29, 0.717) is 5.69 Å². The zero-order valence-electron chi connectivity index (χ0n) is 10.9. The second-order valence-corrected chi connectivity index (χ2v) is 4.46. The van der Waals surface area contributed by atoms with Gasteiger partial charge in [-0.2, -0.15) is 0 Å². The van der Waals surface area contributed by atoms with E-state index < -0.39 is 17.5 Å². The molecule has 2 aromatic carbocycles. The predicted octanol–water partition coefficient (Wildman–Crippen LogP) is 2.98. The molecular weight excluding hydrogens is 262 g/mol. The Morgan fingerprint density at radius 3 is 2.60 bits per heavy atom. The van der Waals surface area contributed by atoms with Crippen LogP contribution in [0.3, 0.4) is 0 Å². The van der Waals surface area contributed by atoms with Crippen molar-refractivity contribution in [2.24, 2.45) is 5.73 Å². The van der Waals surface area contributed by atoms with Crippen molar-refractivity contribution in [2.45, 2.75) is 13.5 Å². The molecule has 0 saturated carbocycles. The number of rotatable bonds is 4. The monoisotopic (exact) mass is 276 g/mol. The molecule has 2 aromatic rings. The van der Waals surface area contributed by atoms with Crippen molar-refractivity contribution in [1.82, 2.24) is 0 Å². The fourth-order valence-corrected chi connectivity index (χ4v) is 1.90. The smallest absolute Gasteiger partial charge is 0.248 e. The van der Waals surface area contributed by atoms with Gasteiger partial charge >= 0.3 is 0 Å². The maximum absolute atomic E-state index is 13.7. The van der Waals surface area contributed by atoms with E-state index in [-0.39, 0.29) is 17.7 Å². The first kappa shape index (κ1) is 14.0. The van der Waals surface area contributed by atoms with Gasteiger partial charge in [-0.15, -0.1) is 0 Å². The summed E-state index contributed by atoms with van der Waals surface area (Å²) in [6, 6.07) is 8.53. The van der Waals surface area contributed by atoms with Crippen molar-refractivity contribution in [3.05, 3.63) is 64.7 Å². The van der Waals surface area contributed by atoms with Gasteiger partial charge in [0.15, 0.2) is 0 Å². The zero-order chi connectivity index (χ0) is 14.7. The van der Waals surface area contributed by atoms with Gasteiger partial charge in [0.2, 0.25) is 5.91 Å². The summed E-state index contributed by atoms with van der Waals surface area (Å²) in [5, 5.41) is 2.84. The largest absolute Gasteiger partial charge is 0.378 e. The third-order valence-corrected chi connectivity index (χ3v) is 3.01. The lowest BCUT2D eigenvalue weighted by Gasteiger charge is -2.11. The van der Waals surface area contributed by atoms with Gasteiger partial charge in [0.05, 0.1) is 5.69 Å². The number of amides is 1. The van der Waals surface area contributed by atoms with Crippen LogP contribution in [0.15, 0.2) is 36.4 Å². The lowest BCUT2D eigenvalue weighted by Crippen LogP contribution is -2.12. The summed E-state index contributed by atoms with van der Waals surface area (Å²) in [6.45, 7) is 1.82. The van der Waals surface area contributed by atoms with E-state index in [1.807, 2.05) is 0 Å². The number of hydrogen-bond acceptors (Lipinski definition) is 2. The molecule has 0 heterocycles. The van der Waals surface area contributed by atoms with Crippen LogP contribution in [0.5, 0.6) is 0 Å². The molecule has 3 nitrogen and oxygen atoms in total. The minimum atomic E-state index is -0.631. The molecule has 5 heteroatoms. The molecule has 0 aliphatic carbocycles. The van der Waals surface area contributed by atoms with Crippen molar-refractivity contribution < 1.29 is 13.6 Å². The second kappa shape index (κ2) is 5.69. The van der Waals surface area contributed by atoms with Gasteiger partial charge in [0.1, 0.15) is 11.6 Å².